The maximum atomic E-state index is 12.3. The van der Waals surface area contributed by atoms with Gasteiger partial charge in [0.1, 0.15) is 6.54 Å². The highest BCUT2D eigenvalue weighted by molar-refractivity contribution is 6.10. The van der Waals surface area contributed by atoms with Crippen LogP contribution in [-0.4, -0.2) is 33.0 Å². The lowest BCUT2D eigenvalue weighted by atomic mass is 10.1. The quantitative estimate of drug-likeness (QED) is 0.920. The average molecular weight is 296 g/mol. The van der Waals surface area contributed by atoms with Crippen molar-refractivity contribution < 1.29 is 9.59 Å². The largest absolute Gasteiger partial charge is 0.349 e. The summed E-state index contributed by atoms with van der Waals surface area (Å²) in [7, 11) is 1.81. The Balaban J connectivity index is 1.64. The molecule has 2 amide bonds. The molecule has 112 valence electrons. The van der Waals surface area contributed by atoms with E-state index >= 15 is 0 Å². The summed E-state index contributed by atoms with van der Waals surface area (Å²) < 4.78 is 1.69. The molecule has 1 N–H and O–H groups in total. The molecule has 1 aliphatic heterocycles. The molecule has 0 atom stereocenters. The molecule has 0 spiro atoms. The minimum absolute atomic E-state index is 0.0375. The van der Waals surface area contributed by atoms with E-state index in [9.17, 15) is 9.59 Å². The van der Waals surface area contributed by atoms with Gasteiger partial charge in [0.25, 0.3) is 5.91 Å². The van der Waals surface area contributed by atoms with E-state index in [1.54, 1.807) is 23.0 Å². The Morgan fingerprint density at radius 2 is 2.00 bits per heavy atom. The van der Waals surface area contributed by atoms with E-state index in [4.69, 9.17) is 0 Å². The van der Waals surface area contributed by atoms with Crippen LogP contribution in [0.15, 0.2) is 43.1 Å². The van der Waals surface area contributed by atoms with Crippen LogP contribution in [0.5, 0.6) is 0 Å². The van der Waals surface area contributed by atoms with Crippen LogP contribution in [0.2, 0.25) is 0 Å². The molecule has 3 rings (SSSR count). The Kier molecular flexibility index (Phi) is 3.50. The van der Waals surface area contributed by atoms with Crippen LogP contribution in [0.25, 0.3) is 5.70 Å². The standard InChI is InChI=1S/C16H16N4O2/c1-11-13-5-3-4-6-14(13)16(22)20(11)10-15(21)17-9-12-7-8-18-19(12)2/h3-8H,1,9-10H2,2H3,(H,17,21). The summed E-state index contributed by atoms with van der Waals surface area (Å²) in [5.74, 6) is -0.417. The van der Waals surface area contributed by atoms with Crippen molar-refractivity contribution >= 4 is 17.5 Å². The maximum absolute atomic E-state index is 12.3. The van der Waals surface area contributed by atoms with Gasteiger partial charge < -0.3 is 5.32 Å². The number of nitrogens with one attached hydrogen (secondary N) is 1. The summed E-state index contributed by atoms with van der Waals surface area (Å²) in [5.41, 5.74) is 2.83. The van der Waals surface area contributed by atoms with E-state index in [0.717, 1.165) is 11.3 Å². The first kappa shape index (κ1) is 14.1. The number of nitrogens with zero attached hydrogens (tertiary/aromatic N) is 3. The summed E-state index contributed by atoms with van der Waals surface area (Å²) in [5, 5.41) is 6.82. The van der Waals surface area contributed by atoms with Crippen LogP contribution in [0.1, 0.15) is 21.6 Å². The minimum atomic E-state index is -0.233. The van der Waals surface area contributed by atoms with Gasteiger partial charge in [-0.3, -0.25) is 19.2 Å². The smallest absolute Gasteiger partial charge is 0.259 e. The monoisotopic (exact) mass is 296 g/mol. The molecular weight excluding hydrogens is 280 g/mol. The van der Waals surface area contributed by atoms with Crippen molar-refractivity contribution in [3.63, 3.8) is 0 Å². The molecule has 1 aromatic heterocycles. The fraction of sp³-hybridized carbons (Fsp3) is 0.188. The van der Waals surface area contributed by atoms with Crippen molar-refractivity contribution in [1.82, 2.24) is 20.0 Å². The topological polar surface area (TPSA) is 67.2 Å². The zero-order valence-corrected chi connectivity index (χ0v) is 12.2. The van der Waals surface area contributed by atoms with Crippen LogP contribution in [0.3, 0.4) is 0 Å². The van der Waals surface area contributed by atoms with E-state index in [1.807, 2.05) is 25.2 Å². The highest BCUT2D eigenvalue weighted by Crippen LogP contribution is 2.30. The number of hydrogen-bond donors (Lipinski definition) is 1. The lowest BCUT2D eigenvalue weighted by Gasteiger charge is -2.16. The second kappa shape index (κ2) is 5.48. The van der Waals surface area contributed by atoms with Gasteiger partial charge in [-0.05, 0) is 12.1 Å². The van der Waals surface area contributed by atoms with Crippen LogP contribution < -0.4 is 5.32 Å². The fourth-order valence-electron chi connectivity index (χ4n) is 2.47. The molecule has 0 fully saturated rings. The van der Waals surface area contributed by atoms with E-state index < -0.39 is 0 Å². The molecule has 22 heavy (non-hydrogen) atoms. The second-order valence-corrected chi connectivity index (χ2v) is 5.11. The highest BCUT2D eigenvalue weighted by atomic mass is 16.2. The first-order valence-corrected chi connectivity index (χ1v) is 6.91. The fourth-order valence-corrected chi connectivity index (χ4v) is 2.47. The van der Waals surface area contributed by atoms with Gasteiger partial charge in [0.15, 0.2) is 0 Å². The first-order valence-electron chi connectivity index (χ1n) is 6.91. The van der Waals surface area contributed by atoms with Gasteiger partial charge >= 0.3 is 0 Å². The van der Waals surface area contributed by atoms with E-state index in [0.29, 0.717) is 17.8 Å². The third-order valence-corrected chi connectivity index (χ3v) is 3.73. The number of benzene rings is 1. The van der Waals surface area contributed by atoms with Crippen LogP contribution in [-0.2, 0) is 18.4 Å². The van der Waals surface area contributed by atoms with Crippen molar-refractivity contribution in [2.24, 2.45) is 7.05 Å². The van der Waals surface area contributed by atoms with Crippen molar-refractivity contribution in [3.8, 4) is 0 Å². The third-order valence-electron chi connectivity index (χ3n) is 3.73. The normalized spacial score (nSPS) is 13.4. The summed E-state index contributed by atoms with van der Waals surface area (Å²) in [6.07, 6.45) is 1.67. The molecule has 0 saturated carbocycles. The number of hydrogen-bond acceptors (Lipinski definition) is 3. The van der Waals surface area contributed by atoms with Gasteiger partial charge in [-0.1, -0.05) is 24.8 Å². The number of amides is 2. The molecule has 0 unspecified atom stereocenters. The van der Waals surface area contributed by atoms with Gasteiger partial charge in [0, 0.05) is 30.1 Å². The molecule has 6 nitrogen and oxygen atoms in total. The molecule has 1 aliphatic rings. The van der Waals surface area contributed by atoms with Gasteiger partial charge in [0.05, 0.1) is 12.2 Å². The predicted molar refractivity (Wildman–Crippen MR) is 81.6 cm³/mol. The number of carbonyl (C=O) groups excluding carboxylic acids is 2. The average Bonchev–Trinajstić information content (AvgIpc) is 3.03. The molecule has 1 aromatic carbocycles. The van der Waals surface area contributed by atoms with Gasteiger partial charge in [-0.25, -0.2) is 0 Å². The third kappa shape index (κ3) is 2.39. The lowest BCUT2D eigenvalue weighted by molar-refractivity contribution is -0.121. The summed E-state index contributed by atoms with van der Waals surface area (Å²) in [4.78, 5) is 25.8. The Morgan fingerprint density at radius 3 is 2.64 bits per heavy atom. The Morgan fingerprint density at radius 1 is 1.27 bits per heavy atom. The van der Waals surface area contributed by atoms with Crippen molar-refractivity contribution in [2.75, 3.05) is 6.54 Å². The van der Waals surface area contributed by atoms with Gasteiger partial charge in [-0.2, -0.15) is 5.10 Å². The second-order valence-electron chi connectivity index (χ2n) is 5.11. The maximum Gasteiger partial charge on any atom is 0.259 e. The van der Waals surface area contributed by atoms with E-state index in [2.05, 4.69) is 17.0 Å². The molecule has 0 saturated heterocycles. The molecule has 2 heterocycles. The van der Waals surface area contributed by atoms with Crippen molar-refractivity contribution in [2.45, 2.75) is 6.54 Å². The predicted octanol–water partition coefficient (Wildman–Crippen LogP) is 1.16. The van der Waals surface area contributed by atoms with Crippen molar-refractivity contribution in [3.05, 3.63) is 59.9 Å². The minimum Gasteiger partial charge on any atom is -0.349 e. The Labute approximate surface area is 128 Å². The number of carbonyl (C=O) groups is 2. The number of aromatic nitrogens is 2. The summed E-state index contributed by atoms with van der Waals surface area (Å²) in [6, 6.07) is 9.06. The zero-order valence-electron chi connectivity index (χ0n) is 12.2. The van der Waals surface area contributed by atoms with Crippen molar-refractivity contribution in [1.29, 1.82) is 0 Å². The van der Waals surface area contributed by atoms with E-state index in [1.165, 1.54) is 4.90 Å². The van der Waals surface area contributed by atoms with Gasteiger partial charge in [-0.15, -0.1) is 0 Å². The Hall–Kier alpha value is -2.89. The van der Waals surface area contributed by atoms with Gasteiger partial charge in [0.2, 0.25) is 5.91 Å². The van der Waals surface area contributed by atoms with Crippen LogP contribution in [0, 0.1) is 0 Å². The molecule has 2 aromatic rings. The summed E-state index contributed by atoms with van der Waals surface area (Å²) >= 11 is 0. The molecular formula is C16H16N4O2. The first-order chi connectivity index (χ1) is 10.6. The molecule has 6 heteroatoms. The van der Waals surface area contributed by atoms with E-state index in [-0.39, 0.29) is 18.4 Å². The summed E-state index contributed by atoms with van der Waals surface area (Å²) in [6.45, 7) is 4.25. The zero-order chi connectivity index (χ0) is 15.7. The molecule has 0 radical (unpaired) electrons. The SMILES string of the molecule is C=C1c2ccccc2C(=O)N1CC(=O)NCc1ccnn1C. The molecule has 0 aliphatic carbocycles. The molecule has 0 bridgehead atoms. The number of fused-ring (bicyclic) bond motifs is 1. The Bertz CT molecular complexity index is 728. The number of rotatable bonds is 4. The van der Waals surface area contributed by atoms with Crippen LogP contribution in [0.4, 0.5) is 0 Å². The van der Waals surface area contributed by atoms with Crippen LogP contribution >= 0.6 is 0 Å². The lowest BCUT2D eigenvalue weighted by Crippen LogP contribution is -2.36. The highest BCUT2D eigenvalue weighted by Gasteiger charge is 2.31. The number of aryl methyl sites for hydroxylation is 1.